The van der Waals surface area contributed by atoms with Crippen molar-refractivity contribution >= 4 is 0 Å². The third-order valence-corrected chi connectivity index (χ3v) is 6.99. The van der Waals surface area contributed by atoms with E-state index < -0.39 is 0 Å². The smallest absolute Gasteiger partial charge is 0.00302 e. The molecule has 2 aromatic rings. The highest BCUT2D eigenvalue weighted by atomic mass is 14.6. The van der Waals surface area contributed by atoms with Crippen molar-refractivity contribution < 1.29 is 0 Å². The van der Waals surface area contributed by atoms with E-state index in [1.54, 1.807) is 0 Å². The van der Waals surface area contributed by atoms with Crippen LogP contribution in [0.5, 0.6) is 0 Å². The summed E-state index contributed by atoms with van der Waals surface area (Å²) in [6.45, 7) is 7.31. The molecular weight excluding hydrogens is 312 g/mol. The van der Waals surface area contributed by atoms with Crippen molar-refractivity contribution in [2.24, 2.45) is 5.92 Å². The highest BCUT2D eigenvalue weighted by molar-refractivity contribution is 5.40. The van der Waals surface area contributed by atoms with Crippen molar-refractivity contribution in [3.63, 3.8) is 0 Å². The summed E-state index contributed by atoms with van der Waals surface area (Å²) in [5.74, 6) is 0.728. The van der Waals surface area contributed by atoms with E-state index in [1.807, 2.05) is 0 Å². The largest absolute Gasteiger partial charge is 0.0654 e. The lowest BCUT2D eigenvalue weighted by molar-refractivity contribution is 0.00981. The number of unbranched alkanes of at least 4 members (excludes halogenated alkanes) is 5. The van der Waals surface area contributed by atoms with Gasteiger partial charge in [0.25, 0.3) is 0 Å². The molecule has 0 nitrogen and oxygen atoms in total. The van der Waals surface area contributed by atoms with E-state index in [0.29, 0.717) is 10.8 Å². The van der Waals surface area contributed by atoms with Crippen LogP contribution in [0.25, 0.3) is 0 Å². The second-order valence-electron chi connectivity index (χ2n) is 8.85. The molecule has 0 amide bonds. The Bertz CT molecular complexity index is 607. The van der Waals surface area contributed by atoms with Gasteiger partial charge in [-0.15, -0.1) is 0 Å². The Morgan fingerprint density at radius 3 is 1.65 bits per heavy atom. The molecule has 0 radical (unpaired) electrons. The minimum Gasteiger partial charge on any atom is -0.0654 e. The lowest BCUT2D eigenvalue weighted by Gasteiger charge is -2.62. The molecule has 0 saturated heterocycles. The first-order valence-electron chi connectivity index (χ1n) is 10.7. The van der Waals surface area contributed by atoms with Crippen molar-refractivity contribution in [3.05, 3.63) is 71.8 Å². The van der Waals surface area contributed by atoms with Gasteiger partial charge in [-0.2, -0.15) is 0 Å². The maximum atomic E-state index is 2.51. The van der Waals surface area contributed by atoms with Crippen LogP contribution in [0.3, 0.4) is 0 Å². The van der Waals surface area contributed by atoms with E-state index in [2.05, 4.69) is 81.4 Å². The van der Waals surface area contributed by atoms with Crippen LogP contribution in [-0.4, -0.2) is 0 Å². The fourth-order valence-electron chi connectivity index (χ4n) is 5.59. The lowest BCUT2D eigenvalue weighted by atomic mass is 9.42. The molecular formula is C26H36. The molecule has 1 aliphatic rings. The molecule has 0 heterocycles. The van der Waals surface area contributed by atoms with Gasteiger partial charge in [-0.3, -0.25) is 0 Å². The van der Waals surface area contributed by atoms with Crippen molar-refractivity contribution in [2.45, 2.75) is 83.0 Å². The van der Waals surface area contributed by atoms with Crippen molar-refractivity contribution in [3.8, 4) is 0 Å². The van der Waals surface area contributed by atoms with E-state index >= 15 is 0 Å². The van der Waals surface area contributed by atoms with Crippen molar-refractivity contribution in [1.82, 2.24) is 0 Å². The van der Waals surface area contributed by atoms with Gasteiger partial charge in [0, 0.05) is 0 Å². The summed E-state index contributed by atoms with van der Waals surface area (Å²) in [5.41, 5.74) is 3.69. The average molecular weight is 349 g/mol. The summed E-state index contributed by atoms with van der Waals surface area (Å²) in [6.07, 6.45) is 10.9. The Labute approximate surface area is 161 Å². The summed E-state index contributed by atoms with van der Waals surface area (Å²) >= 11 is 0. The highest BCUT2D eigenvalue weighted by Gasteiger charge is 2.58. The molecule has 1 aliphatic carbocycles. The molecule has 0 aliphatic heterocycles. The van der Waals surface area contributed by atoms with E-state index in [9.17, 15) is 0 Å². The van der Waals surface area contributed by atoms with Crippen LogP contribution in [0.15, 0.2) is 60.7 Å². The third-order valence-electron chi connectivity index (χ3n) is 6.99. The quantitative estimate of drug-likeness (QED) is 0.408. The van der Waals surface area contributed by atoms with Gasteiger partial charge in [-0.25, -0.2) is 0 Å². The number of rotatable bonds is 9. The fourth-order valence-corrected chi connectivity index (χ4v) is 5.59. The van der Waals surface area contributed by atoms with Crippen LogP contribution < -0.4 is 0 Å². The predicted octanol–water partition coefficient (Wildman–Crippen LogP) is 7.67. The minimum atomic E-state index is 0.315. The number of hydrogen-bond acceptors (Lipinski definition) is 0. The molecule has 0 heteroatoms. The summed E-state index contributed by atoms with van der Waals surface area (Å²) in [5, 5.41) is 0. The van der Waals surface area contributed by atoms with Gasteiger partial charge < -0.3 is 0 Å². The first-order chi connectivity index (χ1) is 12.6. The summed E-state index contributed by atoms with van der Waals surface area (Å²) in [7, 11) is 0. The summed E-state index contributed by atoms with van der Waals surface area (Å²) in [6, 6.07) is 22.5. The molecule has 1 fully saturated rings. The van der Waals surface area contributed by atoms with Crippen molar-refractivity contribution in [2.75, 3.05) is 0 Å². The maximum absolute atomic E-state index is 2.51. The number of benzene rings is 2. The predicted molar refractivity (Wildman–Crippen MR) is 114 cm³/mol. The molecule has 140 valence electrons. The second kappa shape index (κ2) is 8.42. The van der Waals surface area contributed by atoms with Crippen molar-refractivity contribution in [1.29, 1.82) is 0 Å². The zero-order chi connectivity index (χ0) is 18.5. The molecule has 0 aromatic heterocycles. The van der Waals surface area contributed by atoms with Crippen LogP contribution >= 0.6 is 0 Å². The van der Waals surface area contributed by atoms with Crippen LogP contribution in [0, 0.1) is 5.92 Å². The number of hydrogen-bond donors (Lipinski definition) is 0. The van der Waals surface area contributed by atoms with E-state index in [-0.39, 0.29) is 0 Å². The monoisotopic (exact) mass is 348 g/mol. The zero-order valence-electron chi connectivity index (χ0n) is 17.0. The molecule has 0 N–H and O–H groups in total. The molecule has 26 heavy (non-hydrogen) atoms. The second-order valence-corrected chi connectivity index (χ2v) is 8.85. The van der Waals surface area contributed by atoms with Gasteiger partial charge in [-0.1, -0.05) is 120 Å². The highest BCUT2D eigenvalue weighted by Crippen LogP contribution is 2.62. The van der Waals surface area contributed by atoms with Crippen LogP contribution in [0.4, 0.5) is 0 Å². The first-order valence-corrected chi connectivity index (χ1v) is 10.7. The molecule has 1 saturated carbocycles. The zero-order valence-corrected chi connectivity index (χ0v) is 17.0. The van der Waals surface area contributed by atoms with Gasteiger partial charge in [0.15, 0.2) is 0 Å². The van der Waals surface area contributed by atoms with E-state index in [4.69, 9.17) is 0 Å². The fraction of sp³-hybridized carbons (Fsp3) is 0.538. The normalized spacial score (nSPS) is 27.9. The SMILES string of the molecule is CCCCCCCCC1C(C)(c2ccccc2)CC1(C)c1ccccc1. The molecule has 3 rings (SSSR count). The Morgan fingerprint density at radius 2 is 1.15 bits per heavy atom. The van der Waals surface area contributed by atoms with Crippen LogP contribution in [0.2, 0.25) is 0 Å². The van der Waals surface area contributed by atoms with Gasteiger partial charge in [-0.05, 0) is 40.7 Å². The first kappa shape index (κ1) is 19.2. The molecule has 0 spiro atoms. The topological polar surface area (TPSA) is 0 Å². The Balaban J connectivity index is 1.75. The van der Waals surface area contributed by atoms with Gasteiger partial charge in [0.2, 0.25) is 0 Å². The standard InChI is InChI=1S/C26H36/c1-4-5-6-7-8-15-20-24-25(2,22-16-11-9-12-17-22)21-26(24,3)23-18-13-10-14-19-23/h9-14,16-19,24H,4-8,15,20-21H2,1-3H3. The van der Waals surface area contributed by atoms with Gasteiger partial charge in [0.1, 0.15) is 0 Å². The van der Waals surface area contributed by atoms with E-state index in [0.717, 1.165) is 5.92 Å². The minimum absolute atomic E-state index is 0.315. The molecule has 2 atom stereocenters. The Hall–Kier alpha value is -1.56. The summed E-state index contributed by atoms with van der Waals surface area (Å²) in [4.78, 5) is 0. The Kier molecular flexibility index (Phi) is 6.22. The van der Waals surface area contributed by atoms with Crippen LogP contribution in [-0.2, 0) is 10.8 Å². The van der Waals surface area contributed by atoms with Gasteiger partial charge >= 0.3 is 0 Å². The molecule has 0 bridgehead atoms. The van der Waals surface area contributed by atoms with Crippen LogP contribution in [0.1, 0.15) is 83.3 Å². The summed E-state index contributed by atoms with van der Waals surface area (Å²) < 4.78 is 0. The van der Waals surface area contributed by atoms with Gasteiger partial charge in [0.05, 0.1) is 0 Å². The Morgan fingerprint density at radius 1 is 0.692 bits per heavy atom. The average Bonchev–Trinajstić information content (AvgIpc) is 2.68. The maximum Gasteiger partial charge on any atom is -0.00302 e. The molecule has 2 unspecified atom stereocenters. The third kappa shape index (κ3) is 3.75. The van der Waals surface area contributed by atoms with E-state index in [1.165, 1.54) is 62.5 Å². The lowest BCUT2D eigenvalue weighted by Crippen LogP contribution is -2.58. The molecule has 2 aromatic carbocycles.